The summed E-state index contributed by atoms with van der Waals surface area (Å²) in [6, 6.07) is 9.91. The highest BCUT2D eigenvalue weighted by atomic mass is 35.5. The Morgan fingerprint density at radius 3 is 2.73 bits per heavy atom. The van der Waals surface area contributed by atoms with Crippen LogP contribution in [0.2, 0.25) is 10.0 Å². The van der Waals surface area contributed by atoms with Gasteiger partial charge in [0, 0.05) is 22.2 Å². The number of fused-ring (bicyclic) bond motifs is 1. The van der Waals surface area contributed by atoms with Crippen molar-refractivity contribution in [3.05, 3.63) is 57.6 Å². The van der Waals surface area contributed by atoms with Crippen LogP contribution in [0.4, 0.5) is 0 Å². The molecule has 0 unspecified atom stereocenters. The highest BCUT2D eigenvalue weighted by molar-refractivity contribution is 6.33. The fraction of sp³-hybridized carbons (Fsp3) is 0.0667. The molecule has 1 heterocycles. The Morgan fingerprint density at radius 2 is 1.95 bits per heavy atom. The van der Waals surface area contributed by atoms with Crippen LogP contribution in [0.25, 0.3) is 0 Å². The summed E-state index contributed by atoms with van der Waals surface area (Å²) in [5.41, 5.74) is 3.44. The molecule has 0 aromatic heterocycles. The summed E-state index contributed by atoms with van der Waals surface area (Å²) < 4.78 is 10.5. The van der Waals surface area contributed by atoms with Crippen LogP contribution in [0.1, 0.15) is 15.9 Å². The molecule has 2 aromatic carbocycles. The predicted octanol–water partition coefficient (Wildman–Crippen LogP) is 3.49. The zero-order valence-electron chi connectivity index (χ0n) is 11.2. The van der Waals surface area contributed by atoms with Gasteiger partial charge in [-0.1, -0.05) is 29.3 Å². The maximum absolute atomic E-state index is 11.9. The average molecular weight is 337 g/mol. The van der Waals surface area contributed by atoms with Gasteiger partial charge in [-0.25, -0.2) is 5.43 Å². The molecule has 22 heavy (non-hydrogen) atoms. The van der Waals surface area contributed by atoms with Crippen LogP contribution in [-0.2, 0) is 0 Å². The number of nitrogens with one attached hydrogen (secondary N) is 1. The summed E-state index contributed by atoms with van der Waals surface area (Å²) in [5.74, 6) is 0.813. The largest absolute Gasteiger partial charge is 0.454 e. The molecule has 0 radical (unpaired) electrons. The number of hydrogen-bond donors (Lipinski definition) is 1. The van der Waals surface area contributed by atoms with E-state index < -0.39 is 0 Å². The fourth-order valence-electron chi connectivity index (χ4n) is 1.89. The Bertz CT molecular complexity index is 762. The lowest BCUT2D eigenvalue weighted by atomic mass is 10.2. The zero-order chi connectivity index (χ0) is 15.5. The molecule has 1 aliphatic rings. The number of halogens is 2. The van der Waals surface area contributed by atoms with Crippen molar-refractivity contribution in [2.24, 2.45) is 5.10 Å². The second kappa shape index (κ2) is 6.25. The summed E-state index contributed by atoms with van der Waals surface area (Å²) in [6.45, 7) is 0.164. The van der Waals surface area contributed by atoms with Crippen molar-refractivity contribution in [3.63, 3.8) is 0 Å². The van der Waals surface area contributed by atoms with Gasteiger partial charge in [-0.05, 0) is 24.3 Å². The van der Waals surface area contributed by atoms with Gasteiger partial charge in [0.2, 0.25) is 6.79 Å². The lowest BCUT2D eigenvalue weighted by Gasteiger charge is -2.02. The van der Waals surface area contributed by atoms with Crippen LogP contribution in [0.5, 0.6) is 11.5 Å². The third-order valence-corrected chi connectivity index (χ3v) is 3.51. The molecular weight excluding hydrogens is 327 g/mol. The van der Waals surface area contributed by atoms with Gasteiger partial charge in [-0.2, -0.15) is 5.10 Å². The number of ether oxygens (including phenoxy) is 2. The molecule has 0 fully saturated rings. The van der Waals surface area contributed by atoms with Crippen molar-refractivity contribution in [2.45, 2.75) is 0 Å². The van der Waals surface area contributed by atoms with Crippen molar-refractivity contribution >= 4 is 35.3 Å². The lowest BCUT2D eigenvalue weighted by Crippen LogP contribution is -2.17. The Labute approximate surface area is 136 Å². The Balaban J connectivity index is 1.71. The van der Waals surface area contributed by atoms with E-state index >= 15 is 0 Å². The molecule has 7 heteroatoms. The van der Waals surface area contributed by atoms with Crippen LogP contribution < -0.4 is 14.9 Å². The van der Waals surface area contributed by atoms with Crippen LogP contribution in [0.15, 0.2) is 41.5 Å². The fourth-order valence-corrected chi connectivity index (χ4v) is 2.28. The number of amides is 1. The first kappa shape index (κ1) is 14.7. The number of hydrazone groups is 1. The molecule has 0 saturated carbocycles. The minimum atomic E-state index is -0.365. The summed E-state index contributed by atoms with van der Waals surface area (Å²) in [5, 5.41) is 4.82. The highest BCUT2D eigenvalue weighted by Crippen LogP contribution is 2.36. The molecule has 2 aromatic rings. The van der Waals surface area contributed by atoms with E-state index in [1.165, 1.54) is 6.21 Å². The van der Waals surface area contributed by atoms with Gasteiger partial charge in [0.25, 0.3) is 5.91 Å². The van der Waals surface area contributed by atoms with Gasteiger partial charge in [0.1, 0.15) is 0 Å². The van der Waals surface area contributed by atoms with Gasteiger partial charge in [0.15, 0.2) is 11.5 Å². The molecule has 1 N–H and O–H groups in total. The number of benzene rings is 2. The number of carbonyl (C=O) groups excluding carboxylic acids is 1. The van der Waals surface area contributed by atoms with Gasteiger partial charge in [-0.3, -0.25) is 4.79 Å². The number of hydrogen-bond acceptors (Lipinski definition) is 4. The van der Waals surface area contributed by atoms with Crippen LogP contribution >= 0.6 is 23.2 Å². The molecule has 112 valence electrons. The van der Waals surface area contributed by atoms with E-state index in [1.807, 2.05) is 0 Å². The molecule has 0 atom stereocenters. The van der Waals surface area contributed by atoms with Gasteiger partial charge in [-0.15, -0.1) is 0 Å². The smallest absolute Gasteiger partial charge is 0.271 e. The molecule has 0 aliphatic carbocycles. The van der Waals surface area contributed by atoms with E-state index in [4.69, 9.17) is 32.7 Å². The summed E-state index contributed by atoms with van der Waals surface area (Å²) in [7, 11) is 0. The maximum atomic E-state index is 11.9. The molecule has 1 aliphatic heterocycles. The molecule has 1 amide bonds. The summed E-state index contributed by atoms with van der Waals surface area (Å²) in [4.78, 5) is 11.9. The van der Waals surface area contributed by atoms with Crippen molar-refractivity contribution < 1.29 is 14.3 Å². The first-order valence-corrected chi connectivity index (χ1v) is 7.07. The molecule has 3 rings (SSSR count). The van der Waals surface area contributed by atoms with Crippen LogP contribution in [0, 0.1) is 0 Å². The minimum Gasteiger partial charge on any atom is -0.454 e. The SMILES string of the molecule is O=C(N/N=C\c1cc2c(cc1Cl)OCO2)c1cccc(Cl)c1. The average Bonchev–Trinajstić information content (AvgIpc) is 2.94. The van der Waals surface area contributed by atoms with Crippen LogP contribution in [-0.4, -0.2) is 18.9 Å². The first-order valence-electron chi connectivity index (χ1n) is 6.31. The number of rotatable bonds is 3. The molecular formula is C15H10Cl2N2O3. The van der Waals surface area contributed by atoms with E-state index in [0.717, 1.165) is 0 Å². The summed E-state index contributed by atoms with van der Waals surface area (Å²) >= 11 is 11.9. The Morgan fingerprint density at radius 1 is 1.18 bits per heavy atom. The highest BCUT2D eigenvalue weighted by Gasteiger charge is 2.15. The Hall–Kier alpha value is -2.24. The second-order valence-electron chi connectivity index (χ2n) is 4.44. The van der Waals surface area contributed by atoms with E-state index in [-0.39, 0.29) is 12.7 Å². The Kier molecular flexibility index (Phi) is 4.18. The second-order valence-corrected chi connectivity index (χ2v) is 5.28. The third kappa shape index (κ3) is 3.16. The quantitative estimate of drug-likeness (QED) is 0.689. The van der Waals surface area contributed by atoms with E-state index in [0.29, 0.717) is 32.7 Å². The van der Waals surface area contributed by atoms with E-state index in [1.54, 1.807) is 36.4 Å². The number of carbonyl (C=O) groups is 1. The maximum Gasteiger partial charge on any atom is 0.271 e. The van der Waals surface area contributed by atoms with Crippen molar-refractivity contribution in [2.75, 3.05) is 6.79 Å². The van der Waals surface area contributed by atoms with Crippen molar-refractivity contribution in [1.29, 1.82) is 0 Å². The molecule has 5 nitrogen and oxygen atoms in total. The van der Waals surface area contributed by atoms with Crippen LogP contribution in [0.3, 0.4) is 0 Å². The molecule has 0 bridgehead atoms. The normalized spacial score (nSPS) is 12.6. The monoisotopic (exact) mass is 336 g/mol. The molecule has 0 spiro atoms. The minimum absolute atomic E-state index is 0.164. The first-order chi connectivity index (χ1) is 10.6. The van der Waals surface area contributed by atoms with E-state index in [9.17, 15) is 4.79 Å². The standard InChI is InChI=1S/C15H10Cl2N2O3/c16-11-3-1-2-9(4-11)15(20)19-18-7-10-5-13-14(6-12(10)17)22-8-21-13/h1-7H,8H2,(H,19,20)/b18-7-. The van der Waals surface area contributed by atoms with Crippen molar-refractivity contribution in [1.82, 2.24) is 5.43 Å². The zero-order valence-corrected chi connectivity index (χ0v) is 12.7. The topological polar surface area (TPSA) is 59.9 Å². The van der Waals surface area contributed by atoms with Gasteiger partial charge >= 0.3 is 0 Å². The number of nitrogens with zero attached hydrogens (tertiary/aromatic N) is 1. The van der Waals surface area contributed by atoms with E-state index in [2.05, 4.69) is 10.5 Å². The van der Waals surface area contributed by atoms with Gasteiger partial charge in [0.05, 0.1) is 11.2 Å². The summed E-state index contributed by atoms with van der Waals surface area (Å²) in [6.07, 6.45) is 1.44. The third-order valence-electron chi connectivity index (χ3n) is 2.95. The van der Waals surface area contributed by atoms with Crippen molar-refractivity contribution in [3.8, 4) is 11.5 Å². The predicted molar refractivity (Wildman–Crippen MR) is 84.1 cm³/mol. The van der Waals surface area contributed by atoms with Gasteiger partial charge < -0.3 is 9.47 Å². The lowest BCUT2D eigenvalue weighted by molar-refractivity contribution is 0.0955. The molecule has 0 saturated heterocycles.